The molecule has 0 aromatic heterocycles. The first-order valence-corrected chi connectivity index (χ1v) is 10.5. The highest BCUT2D eigenvalue weighted by atomic mass is 16.2. The van der Waals surface area contributed by atoms with Crippen molar-refractivity contribution in [2.24, 2.45) is 11.0 Å². The lowest BCUT2D eigenvalue weighted by Gasteiger charge is -2.22. The van der Waals surface area contributed by atoms with E-state index < -0.39 is 6.04 Å². The molecule has 0 saturated heterocycles. The number of hydrazone groups is 1. The predicted octanol–water partition coefficient (Wildman–Crippen LogP) is 3.83. The van der Waals surface area contributed by atoms with Gasteiger partial charge in [-0.15, -0.1) is 0 Å². The van der Waals surface area contributed by atoms with E-state index in [9.17, 15) is 9.59 Å². The van der Waals surface area contributed by atoms with Crippen LogP contribution in [-0.2, 0) is 4.79 Å². The molecule has 2 amide bonds. The average molecular weight is 409 g/mol. The summed E-state index contributed by atoms with van der Waals surface area (Å²) >= 11 is 0. The minimum absolute atomic E-state index is 0.0267. The van der Waals surface area contributed by atoms with Gasteiger partial charge in [-0.2, -0.15) is 5.10 Å². The molecule has 0 aliphatic carbocycles. The molecule has 0 radical (unpaired) electrons. The Bertz CT molecular complexity index is 830. The van der Waals surface area contributed by atoms with Crippen molar-refractivity contribution in [3.63, 3.8) is 0 Å². The third kappa shape index (κ3) is 6.44. The second-order valence-corrected chi connectivity index (χ2v) is 7.20. The van der Waals surface area contributed by atoms with Crippen molar-refractivity contribution in [1.82, 2.24) is 10.7 Å². The van der Waals surface area contributed by atoms with Gasteiger partial charge in [0.2, 0.25) is 0 Å². The molecule has 2 N–H and O–H groups in total. The van der Waals surface area contributed by atoms with Crippen LogP contribution in [-0.4, -0.2) is 37.2 Å². The van der Waals surface area contributed by atoms with Crippen LogP contribution >= 0.6 is 0 Å². The highest BCUT2D eigenvalue weighted by Gasteiger charge is 2.26. The summed E-state index contributed by atoms with van der Waals surface area (Å²) in [4.78, 5) is 27.4. The van der Waals surface area contributed by atoms with Crippen LogP contribution in [0, 0.1) is 5.92 Å². The van der Waals surface area contributed by atoms with Gasteiger partial charge in [0.1, 0.15) is 6.04 Å². The Morgan fingerprint density at radius 3 is 2.20 bits per heavy atom. The quantitative estimate of drug-likeness (QED) is 0.464. The molecular formula is C24H32N4O2. The number of anilines is 1. The molecular weight excluding hydrogens is 376 g/mol. The van der Waals surface area contributed by atoms with E-state index in [1.807, 2.05) is 44.2 Å². The van der Waals surface area contributed by atoms with Crippen LogP contribution in [0.3, 0.4) is 0 Å². The molecule has 2 rings (SSSR count). The maximum atomic E-state index is 12.7. The third-order valence-corrected chi connectivity index (χ3v) is 5.23. The Morgan fingerprint density at radius 1 is 1.00 bits per heavy atom. The van der Waals surface area contributed by atoms with E-state index in [2.05, 4.69) is 34.6 Å². The van der Waals surface area contributed by atoms with Crippen LogP contribution in [0.25, 0.3) is 0 Å². The number of nitrogens with one attached hydrogen (secondary N) is 2. The van der Waals surface area contributed by atoms with Crippen molar-refractivity contribution in [3.05, 3.63) is 65.7 Å². The lowest BCUT2D eigenvalue weighted by atomic mass is 9.98. The Hall–Kier alpha value is -3.15. The molecule has 2 aromatic rings. The number of hydrogen-bond donors (Lipinski definition) is 2. The molecule has 0 heterocycles. The van der Waals surface area contributed by atoms with Gasteiger partial charge in [-0.1, -0.05) is 50.6 Å². The maximum absolute atomic E-state index is 12.7. The molecule has 1 unspecified atom stereocenters. The van der Waals surface area contributed by atoms with Crippen molar-refractivity contribution >= 4 is 23.7 Å². The molecule has 0 bridgehead atoms. The van der Waals surface area contributed by atoms with Crippen molar-refractivity contribution in [1.29, 1.82) is 0 Å². The maximum Gasteiger partial charge on any atom is 0.262 e. The fourth-order valence-corrected chi connectivity index (χ4v) is 3.12. The van der Waals surface area contributed by atoms with Crippen molar-refractivity contribution in [2.75, 3.05) is 18.0 Å². The lowest BCUT2D eigenvalue weighted by molar-refractivity contribution is -0.124. The predicted molar refractivity (Wildman–Crippen MR) is 123 cm³/mol. The van der Waals surface area contributed by atoms with Gasteiger partial charge in [-0.05, 0) is 49.6 Å². The van der Waals surface area contributed by atoms with Crippen LogP contribution in [0.5, 0.6) is 0 Å². The number of rotatable bonds is 10. The zero-order chi connectivity index (χ0) is 21.9. The molecule has 2 atom stereocenters. The molecule has 0 saturated carbocycles. The molecule has 2 aromatic carbocycles. The molecule has 6 heteroatoms. The Labute approximate surface area is 179 Å². The third-order valence-electron chi connectivity index (χ3n) is 5.23. The summed E-state index contributed by atoms with van der Waals surface area (Å²) in [6.07, 6.45) is 2.36. The minimum Gasteiger partial charge on any atom is -0.372 e. The second kappa shape index (κ2) is 11.8. The first-order valence-electron chi connectivity index (χ1n) is 10.5. The first kappa shape index (κ1) is 23.1. The van der Waals surface area contributed by atoms with Gasteiger partial charge in [0.25, 0.3) is 11.8 Å². The van der Waals surface area contributed by atoms with Gasteiger partial charge in [0.05, 0.1) is 6.21 Å². The van der Waals surface area contributed by atoms with Crippen LogP contribution in [0.2, 0.25) is 0 Å². The normalized spacial score (nSPS) is 12.9. The summed E-state index contributed by atoms with van der Waals surface area (Å²) in [6.45, 7) is 10.1. The summed E-state index contributed by atoms with van der Waals surface area (Å²) in [5.41, 5.74) is 5.13. The Balaban J connectivity index is 2.00. The SMILES string of the molecule is CCC(C)[C@H](NC(=O)c1ccccc1)C(=O)N/N=C/c1ccc(N(CC)CC)cc1. The van der Waals surface area contributed by atoms with E-state index >= 15 is 0 Å². The van der Waals surface area contributed by atoms with Crippen molar-refractivity contribution < 1.29 is 9.59 Å². The number of amides is 2. The fraction of sp³-hybridized carbons (Fsp3) is 0.375. The second-order valence-electron chi connectivity index (χ2n) is 7.20. The van der Waals surface area contributed by atoms with Crippen LogP contribution in [0.15, 0.2) is 59.7 Å². The van der Waals surface area contributed by atoms with E-state index in [1.165, 1.54) is 0 Å². The topological polar surface area (TPSA) is 73.8 Å². The van der Waals surface area contributed by atoms with E-state index in [4.69, 9.17) is 0 Å². The largest absolute Gasteiger partial charge is 0.372 e. The molecule has 0 aliphatic heterocycles. The summed E-state index contributed by atoms with van der Waals surface area (Å²) in [5, 5.41) is 6.92. The van der Waals surface area contributed by atoms with Crippen molar-refractivity contribution in [2.45, 2.75) is 40.2 Å². The number of hydrogen-bond acceptors (Lipinski definition) is 4. The van der Waals surface area contributed by atoms with Gasteiger partial charge >= 0.3 is 0 Å². The van der Waals surface area contributed by atoms with E-state index in [0.29, 0.717) is 5.56 Å². The monoisotopic (exact) mass is 408 g/mol. The van der Waals surface area contributed by atoms with Gasteiger partial charge < -0.3 is 10.2 Å². The van der Waals surface area contributed by atoms with Crippen molar-refractivity contribution in [3.8, 4) is 0 Å². The van der Waals surface area contributed by atoms with Gasteiger partial charge in [0, 0.05) is 24.3 Å². The molecule has 30 heavy (non-hydrogen) atoms. The highest BCUT2D eigenvalue weighted by Crippen LogP contribution is 2.14. The zero-order valence-electron chi connectivity index (χ0n) is 18.3. The lowest BCUT2D eigenvalue weighted by Crippen LogP contribution is -2.49. The summed E-state index contributed by atoms with van der Waals surface area (Å²) in [5.74, 6) is -0.627. The van der Waals surface area contributed by atoms with Crippen LogP contribution in [0.4, 0.5) is 5.69 Å². The molecule has 6 nitrogen and oxygen atoms in total. The molecule has 0 aliphatic rings. The molecule has 0 fully saturated rings. The standard InChI is InChI=1S/C24H32N4O2/c1-5-18(4)22(26-23(29)20-11-9-8-10-12-20)24(30)27-25-17-19-13-15-21(16-14-19)28(6-2)7-3/h8-18,22H,5-7H2,1-4H3,(H,26,29)(H,27,30)/b25-17+/t18?,22-/m0/s1. The van der Waals surface area contributed by atoms with E-state index in [-0.39, 0.29) is 17.7 Å². The van der Waals surface area contributed by atoms with Gasteiger partial charge in [-0.3, -0.25) is 9.59 Å². The minimum atomic E-state index is -0.662. The van der Waals surface area contributed by atoms with Gasteiger partial charge in [-0.25, -0.2) is 5.43 Å². The number of nitrogens with zero attached hydrogens (tertiary/aromatic N) is 2. The summed E-state index contributed by atoms with van der Waals surface area (Å²) < 4.78 is 0. The van der Waals surface area contributed by atoms with Crippen LogP contribution < -0.4 is 15.6 Å². The number of carbonyl (C=O) groups is 2. The van der Waals surface area contributed by atoms with Crippen LogP contribution in [0.1, 0.15) is 50.0 Å². The summed E-state index contributed by atoms with van der Waals surface area (Å²) in [6, 6.07) is 16.2. The molecule has 160 valence electrons. The number of carbonyl (C=O) groups excluding carboxylic acids is 2. The van der Waals surface area contributed by atoms with E-state index in [1.54, 1.807) is 30.5 Å². The zero-order valence-corrected chi connectivity index (χ0v) is 18.3. The molecule has 0 spiro atoms. The van der Waals surface area contributed by atoms with Gasteiger partial charge in [0.15, 0.2) is 0 Å². The summed E-state index contributed by atoms with van der Waals surface area (Å²) in [7, 11) is 0. The fourth-order valence-electron chi connectivity index (χ4n) is 3.12. The number of benzene rings is 2. The smallest absolute Gasteiger partial charge is 0.262 e. The van der Waals surface area contributed by atoms with E-state index in [0.717, 1.165) is 30.8 Å². The first-order chi connectivity index (χ1) is 14.5. The Morgan fingerprint density at radius 2 is 1.63 bits per heavy atom. The average Bonchev–Trinajstić information content (AvgIpc) is 2.79. The highest BCUT2D eigenvalue weighted by molar-refractivity contribution is 5.97. The Kier molecular flexibility index (Phi) is 9.06.